The van der Waals surface area contributed by atoms with Crippen LogP contribution < -0.4 is 0 Å². The van der Waals surface area contributed by atoms with Crippen LogP contribution in [0.25, 0.3) is 0 Å². The van der Waals surface area contributed by atoms with E-state index in [4.69, 9.17) is 9.47 Å². The molecule has 3 nitrogen and oxygen atoms in total. The Morgan fingerprint density at radius 2 is 1.57 bits per heavy atom. The molecule has 0 N–H and O–H groups in total. The second-order valence-electron chi connectivity index (χ2n) is 9.45. The molecule has 2 fully saturated rings. The van der Waals surface area contributed by atoms with E-state index in [-0.39, 0.29) is 5.97 Å². The lowest BCUT2D eigenvalue weighted by Crippen LogP contribution is -2.28. The third-order valence-corrected chi connectivity index (χ3v) is 7.36. The summed E-state index contributed by atoms with van der Waals surface area (Å²) >= 11 is 0. The van der Waals surface area contributed by atoms with Crippen LogP contribution in [0.4, 0.5) is 0 Å². The Morgan fingerprint density at radius 1 is 0.964 bits per heavy atom. The minimum absolute atomic E-state index is 0.314. The van der Waals surface area contributed by atoms with Gasteiger partial charge in [0.2, 0.25) is 0 Å². The summed E-state index contributed by atoms with van der Waals surface area (Å²) in [4.78, 5) is 11.3. The van der Waals surface area contributed by atoms with Crippen molar-refractivity contribution in [2.75, 3.05) is 20.3 Å². The quantitative estimate of drug-likeness (QED) is 0.214. The third kappa shape index (κ3) is 8.27. The highest BCUT2D eigenvalue weighted by atomic mass is 16.5. The zero-order valence-electron chi connectivity index (χ0n) is 18.5. The molecule has 162 valence electrons. The molecule has 0 amide bonds. The van der Waals surface area contributed by atoms with Gasteiger partial charge in [-0.1, -0.05) is 64.9 Å². The highest BCUT2D eigenvalue weighted by molar-refractivity contribution is 5.81. The Hall–Kier alpha value is -0.830. The van der Waals surface area contributed by atoms with Crippen LogP contribution in [0.2, 0.25) is 0 Å². The summed E-state index contributed by atoms with van der Waals surface area (Å²) in [5, 5.41) is 0. The summed E-state index contributed by atoms with van der Waals surface area (Å²) in [6.07, 6.45) is 19.5. The van der Waals surface area contributed by atoms with Crippen molar-refractivity contribution in [2.45, 2.75) is 90.4 Å². The summed E-state index contributed by atoms with van der Waals surface area (Å²) in [5.41, 5.74) is 0. The van der Waals surface area contributed by atoms with Crippen LogP contribution in [0.15, 0.2) is 12.7 Å². The molecule has 2 aliphatic carbocycles. The van der Waals surface area contributed by atoms with Crippen LogP contribution >= 0.6 is 0 Å². The number of carbonyl (C=O) groups excluding carboxylic acids is 1. The highest BCUT2D eigenvalue weighted by Gasteiger charge is 2.31. The first-order valence-corrected chi connectivity index (χ1v) is 11.9. The molecule has 2 aliphatic rings. The van der Waals surface area contributed by atoms with Crippen molar-refractivity contribution >= 4 is 5.97 Å². The Kier molecular flexibility index (Phi) is 11.2. The number of ether oxygens (including phenoxy) is 2. The van der Waals surface area contributed by atoms with Crippen molar-refractivity contribution in [3.05, 3.63) is 12.7 Å². The Balaban J connectivity index is 1.66. The molecule has 0 aliphatic heterocycles. The summed E-state index contributed by atoms with van der Waals surface area (Å²) in [5.74, 6) is 3.74. The van der Waals surface area contributed by atoms with E-state index in [1.807, 2.05) is 0 Å². The van der Waals surface area contributed by atoms with Crippen LogP contribution in [-0.2, 0) is 14.3 Å². The predicted molar refractivity (Wildman–Crippen MR) is 116 cm³/mol. The van der Waals surface area contributed by atoms with Gasteiger partial charge in [0.25, 0.3) is 0 Å². The van der Waals surface area contributed by atoms with Crippen LogP contribution in [0, 0.1) is 29.6 Å². The summed E-state index contributed by atoms with van der Waals surface area (Å²) in [6.45, 7) is 6.91. The summed E-state index contributed by atoms with van der Waals surface area (Å²) in [6, 6.07) is 0. The van der Waals surface area contributed by atoms with Gasteiger partial charge in [-0.2, -0.15) is 0 Å². The van der Waals surface area contributed by atoms with Crippen molar-refractivity contribution in [1.82, 2.24) is 0 Å². The molecule has 1 unspecified atom stereocenters. The number of hydrogen-bond acceptors (Lipinski definition) is 3. The number of methoxy groups -OCH3 is 1. The number of carbonyl (C=O) groups is 1. The standard InChI is InChI=1S/C25H44O3/c1-4-6-7-8-20-9-13-23(14-10-20)24-15-11-21(12-16-24)17-22(18-27-3)19-28-25(26)5-2/h5,20-24H,2,4,6-19H2,1,3H3. The van der Waals surface area contributed by atoms with Gasteiger partial charge in [0.15, 0.2) is 0 Å². The first kappa shape index (κ1) is 23.4. The van der Waals surface area contributed by atoms with E-state index in [1.54, 1.807) is 7.11 Å². The van der Waals surface area contributed by atoms with Gasteiger partial charge in [-0.25, -0.2) is 4.79 Å². The number of esters is 1. The molecule has 0 saturated heterocycles. The molecule has 2 saturated carbocycles. The fourth-order valence-corrected chi connectivity index (χ4v) is 5.68. The van der Waals surface area contributed by atoms with Gasteiger partial charge in [-0.05, 0) is 55.8 Å². The van der Waals surface area contributed by atoms with Crippen molar-refractivity contribution in [3.63, 3.8) is 0 Å². The molecule has 0 aromatic rings. The smallest absolute Gasteiger partial charge is 0.330 e. The minimum Gasteiger partial charge on any atom is -0.462 e. The first-order valence-electron chi connectivity index (χ1n) is 11.9. The molecule has 28 heavy (non-hydrogen) atoms. The lowest BCUT2D eigenvalue weighted by Gasteiger charge is -2.38. The van der Waals surface area contributed by atoms with E-state index >= 15 is 0 Å². The van der Waals surface area contributed by atoms with Crippen molar-refractivity contribution in [1.29, 1.82) is 0 Å². The van der Waals surface area contributed by atoms with Gasteiger partial charge in [0, 0.05) is 19.1 Å². The monoisotopic (exact) mass is 392 g/mol. The molecule has 0 aromatic carbocycles. The minimum atomic E-state index is -0.324. The lowest BCUT2D eigenvalue weighted by atomic mass is 9.68. The van der Waals surface area contributed by atoms with E-state index in [0.717, 1.165) is 30.1 Å². The number of hydrogen-bond donors (Lipinski definition) is 0. The fourth-order valence-electron chi connectivity index (χ4n) is 5.68. The number of rotatable bonds is 12. The van der Waals surface area contributed by atoms with Gasteiger partial charge in [0.1, 0.15) is 0 Å². The van der Waals surface area contributed by atoms with Crippen molar-refractivity contribution in [2.24, 2.45) is 29.6 Å². The zero-order chi connectivity index (χ0) is 20.2. The van der Waals surface area contributed by atoms with Crippen LogP contribution in [0.3, 0.4) is 0 Å². The SMILES string of the molecule is C=CC(=O)OCC(COC)CC1CCC(C2CCC(CCCCC)CC2)CC1. The average Bonchev–Trinajstić information content (AvgIpc) is 2.73. The molecule has 0 radical (unpaired) electrons. The maximum Gasteiger partial charge on any atom is 0.330 e. The van der Waals surface area contributed by atoms with E-state index in [2.05, 4.69) is 13.5 Å². The normalized spacial score (nSPS) is 29.2. The molecule has 0 spiro atoms. The van der Waals surface area contributed by atoms with E-state index < -0.39 is 0 Å². The molecule has 0 bridgehead atoms. The average molecular weight is 393 g/mol. The summed E-state index contributed by atoms with van der Waals surface area (Å²) in [7, 11) is 1.73. The second kappa shape index (κ2) is 13.4. The first-order chi connectivity index (χ1) is 13.7. The summed E-state index contributed by atoms with van der Waals surface area (Å²) < 4.78 is 10.6. The van der Waals surface area contributed by atoms with Gasteiger partial charge in [0.05, 0.1) is 13.2 Å². The maximum absolute atomic E-state index is 11.3. The largest absolute Gasteiger partial charge is 0.462 e. The Bertz CT molecular complexity index is 431. The molecule has 0 heterocycles. The fraction of sp³-hybridized carbons (Fsp3) is 0.880. The third-order valence-electron chi connectivity index (χ3n) is 7.36. The van der Waals surface area contributed by atoms with Crippen LogP contribution in [-0.4, -0.2) is 26.3 Å². The Labute approximate surface area is 173 Å². The van der Waals surface area contributed by atoms with Crippen LogP contribution in [0.1, 0.15) is 90.4 Å². The zero-order valence-corrected chi connectivity index (χ0v) is 18.5. The molecular weight excluding hydrogens is 348 g/mol. The lowest BCUT2D eigenvalue weighted by molar-refractivity contribution is -0.139. The number of unbranched alkanes of at least 4 members (excludes halogenated alkanes) is 2. The molecular formula is C25H44O3. The maximum atomic E-state index is 11.3. The van der Waals surface area contributed by atoms with Crippen molar-refractivity contribution in [3.8, 4) is 0 Å². The van der Waals surface area contributed by atoms with Crippen molar-refractivity contribution < 1.29 is 14.3 Å². The van der Waals surface area contributed by atoms with E-state index in [9.17, 15) is 4.79 Å². The van der Waals surface area contributed by atoms with Gasteiger partial charge < -0.3 is 9.47 Å². The van der Waals surface area contributed by atoms with Gasteiger partial charge in [-0.3, -0.25) is 0 Å². The topological polar surface area (TPSA) is 35.5 Å². The second-order valence-corrected chi connectivity index (χ2v) is 9.45. The van der Waals surface area contributed by atoms with Gasteiger partial charge in [-0.15, -0.1) is 0 Å². The van der Waals surface area contributed by atoms with Crippen LogP contribution in [0.5, 0.6) is 0 Å². The van der Waals surface area contributed by atoms with Gasteiger partial charge >= 0.3 is 5.97 Å². The van der Waals surface area contributed by atoms with E-state index in [1.165, 1.54) is 83.1 Å². The van der Waals surface area contributed by atoms with E-state index in [0.29, 0.717) is 19.1 Å². The molecule has 3 heteroatoms. The highest BCUT2D eigenvalue weighted by Crippen LogP contribution is 2.43. The Morgan fingerprint density at radius 3 is 2.11 bits per heavy atom. The molecule has 2 rings (SSSR count). The molecule has 1 atom stereocenters. The molecule has 0 aromatic heterocycles. The predicted octanol–water partition coefficient (Wildman–Crippen LogP) is 6.56.